The van der Waals surface area contributed by atoms with Crippen LogP contribution in [0.4, 0.5) is 0 Å². The van der Waals surface area contributed by atoms with Crippen molar-refractivity contribution in [3.63, 3.8) is 0 Å². The van der Waals surface area contributed by atoms with Crippen LogP contribution < -0.4 is 5.32 Å². The van der Waals surface area contributed by atoms with Gasteiger partial charge in [-0.3, -0.25) is 4.79 Å². The summed E-state index contributed by atoms with van der Waals surface area (Å²) in [5, 5.41) is 3.41. The molecule has 3 fully saturated rings. The molecule has 2 bridgehead atoms. The summed E-state index contributed by atoms with van der Waals surface area (Å²) in [4.78, 5) is 14.8. The summed E-state index contributed by atoms with van der Waals surface area (Å²) in [5.41, 5.74) is 0. The van der Waals surface area contributed by atoms with Crippen LogP contribution in [0.15, 0.2) is 0 Å². The third-order valence-corrected chi connectivity index (χ3v) is 5.08. The fraction of sp³-hybridized carbons (Fsp3) is 0.933. The first kappa shape index (κ1) is 12.5. The molecule has 3 rings (SSSR count). The molecule has 3 heteroatoms. The van der Waals surface area contributed by atoms with Crippen LogP contribution in [0.5, 0.6) is 0 Å². The van der Waals surface area contributed by atoms with Gasteiger partial charge in [-0.15, -0.1) is 0 Å². The zero-order chi connectivity index (χ0) is 12.5. The fourth-order valence-electron chi connectivity index (χ4n) is 4.21. The van der Waals surface area contributed by atoms with Gasteiger partial charge in [-0.05, 0) is 50.0 Å². The van der Waals surface area contributed by atoms with Gasteiger partial charge < -0.3 is 10.2 Å². The van der Waals surface area contributed by atoms with Crippen LogP contribution in [0.25, 0.3) is 0 Å². The molecular formula is C15H26N2O. The van der Waals surface area contributed by atoms with Gasteiger partial charge >= 0.3 is 0 Å². The van der Waals surface area contributed by atoms with Crippen molar-refractivity contribution in [2.24, 2.45) is 23.7 Å². The highest BCUT2D eigenvalue weighted by Crippen LogP contribution is 2.35. The highest BCUT2D eigenvalue weighted by molar-refractivity contribution is 5.79. The number of likely N-dealkylation sites (tertiary alicyclic amines) is 1. The normalized spacial score (nSPS) is 40.6. The minimum absolute atomic E-state index is 0.243. The summed E-state index contributed by atoms with van der Waals surface area (Å²) in [6.07, 6.45) is 6.54. The molecule has 0 aromatic heterocycles. The Kier molecular flexibility index (Phi) is 3.60. The quantitative estimate of drug-likeness (QED) is 0.770. The maximum absolute atomic E-state index is 12.6. The fourth-order valence-corrected chi connectivity index (χ4v) is 4.21. The predicted octanol–water partition coefficient (Wildman–Crippen LogP) is 1.88. The number of carbonyl (C=O) groups is 1. The number of fused-ring (bicyclic) bond motifs is 2. The Morgan fingerprint density at radius 3 is 2.50 bits per heavy atom. The maximum atomic E-state index is 12.6. The molecule has 1 N–H and O–H groups in total. The van der Waals surface area contributed by atoms with Crippen LogP contribution in [0, 0.1) is 23.7 Å². The number of hydrogen-bond donors (Lipinski definition) is 1. The van der Waals surface area contributed by atoms with E-state index in [9.17, 15) is 4.79 Å². The van der Waals surface area contributed by atoms with E-state index >= 15 is 0 Å². The molecule has 0 aromatic rings. The van der Waals surface area contributed by atoms with E-state index < -0.39 is 0 Å². The summed E-state index contributed by atoms with van der Waals surface area (Å²) in [5.74, 6) is 2.93. The number of carbonyl (C=O) groups excluding carboxylic acids is 1. The number of nitrogens with zero attached hydrogens (tertiary/aromatic N) is 1. The van der Waals surface area contributed by atoms with Crippen molar-refractivity contribution < 1.29 is 4.79 Å². The van der Waals surface area contributed by atoms with E-state index in [-0.39, 0.29) is 5.92 Å². The van der Waals surface area contributed by atoms with Crippen molar-refractivity contribution in [1.29, 1.82) is 0 Å². The molecule has 102 valence electrons. The molecule has 18 heavy (non-hydrogen) atoms. The maximum Gasteiger partial charge on any atom is 0.226 e. The Morgan fingerprint density at radius 2 is 1.83 bits per heavy atom. The largest absolute Gasteiger partial charge is 0.342 e. The molecule has 0 spiro atoms. The van der Waals surface area contributed by atoms with Gasteiger partial charge in [0.2, 0.25) is 5.91 Å². The molecule has 1 amide bonds. The number of rotatable bonds is 1. The topological polar surface area (TPSA) is 32.3 Å². The SMILES string of the molecule is CC1CNCC(C(=O)N2CC3CCCC(C3)C2)C1. The minimum Gasteiger partial charge on any atom is -0.342 e. The molecule has 2 saturated heterocycles. The minimum atomic E-state index is 0.243. The number of nitrogens with one attached hydrogen (secondary N) is 1. The lowest BCUT2D eigenvalue weighted by Gasteiger charge is -2.43. The second-order valence-corrected chi connectivity index (χ2v) is 6.84. The van der Waals surface area contributed by atoms with Crippen molar-refractivity contribution in [2.75, 3.05) is 26.2 Å². The third-order valence-electron chi connectivity index (χ3n) is 5.08. The Morgan fingerprint density at radius 1 is 1.11 bits per heavy atom. The van der Waals surface area contributed by atoms with Gasteiger partial charge in [0.1, 0.15) is 0 Å². The molecule has 3 nitrogen and oxygen atoms in total. The first-order valence-electron chi connectivity index (χ1n) is 7.72. The molecule has 2 aliphatic heterocycles. The molecule has 0 radical (unpaired) electrons. The zero-order valence-corrected chi connectivity index (χ0v) is 11.5. The van der Waals surface area contributed by atoms with E-state index in [2.05, 4.69) is 17.1 Å². The average molecular weight is 250 g/mol. The molecular weight excluding hydrogens is 224 g/mol. The Labute approximate surface area is 110 Å². The van der Waals surface area contributed by atoms with Crippen LogP contribution in [0.2, 0.25) is 0 Å². The molecule has 2 heterocycles. The summed E-state index contributed by atoms with van der Waals surface area (Å²) in [7, 11) is 0. The smallest absolute Gasteiger partial charge is 0.226 e. The van der Waals surface area contributed by atoms with Gasteiger partial charge in [-0.2, -0.15) is 0 Å². The Bertz CT molecular complexity index is 306. The molecule has 3 aliphatic rings. The summed E-state index contributed by atoms with van der Waals surface area (Å²) in [6, 6.07) is 0. The highest BCUT2D eigenvalue weighted by Gasteiger charge is 2.36. The second-order valence-electron chi connectivity index (χ2n) is 6.84. The van der Waals surface area contributed by atoms with Gasteiger partial charge in [-0.1, -0.05) is 13.3 Å². The van der Waals surface area contributed by atoms with Crippen molar-refractivity contribution in [1.82, 2.24) is 10.2 Å². The van der Waals surface area contributed by atoms with E-state index in [0.29, 0.717) is 11.8 Å². The first-order valence-corrected chi connectivity index (χ1v) is 7.72. The van der Waals surface area contributed by atoms with Crippen molar-refractivity contribution in [3.05, 3.63) is 0 Å². The van der Waals surface area contributed by atoms with Crippen molar-refractivity contribution in [2.45, 2.75) is 39.0 Å². The van der Waals surface area contributed by atoms with Crippen LogP contribution in [-0.2, 0) is 4.79 Å². The third kappa shape index (κ3) is 2.56. The van der Waals surface area contributed by atoms with Gasteiger partial charge in [0, 0.05) is 19.6 Å². The van der Waals surface area contributed by atoms with E-state index in [4.69, 9.17) is 0 Å². The molecule has 4 atom stereocenters. The number of piperidine rings is 2. The average Bonchev–Trinajstić information content (AvgIpc) is 2.37. The van der Waals surface area contributed by atoms with Crippen molar-refractivity contribution >= 4 is 5.91 Å². The monoisotopic (exact) mass is 250 g/mol. The van der Waals surface area contributed by atoms with Gasteiger partial charge in [0.25, 0.3) is 0 Å². The lowest BCUT2D eigenvalue weighted by atomic mass is 9.77. The molecule has 1 aliphatic carbocycles. The van der Waals surface area contributed by atoms with E-state index in [1.807, 2.05) is 0 Å². The highest BCUT2D eigenvalue weighted by atomic mass is 16.2. The number of hydrogen-bond acceptors (Lipinski definition) is 2. The van der Waals surface area contributed by atoms with Gasteiger partial charge in [-0.25, -0.2) is 0 Å². The molecule has 1 saturated carbocycles. The second kappa shape index (κ2) is 5.20. The zero-order valence-electron chi connectivity index (χ0n) is 11.5. The van der Waals surface area contributed by atoms with Crippen LogP contribution in [0.1, 0.15) is 39.0 Å². The van der Waals surface area contributed by atoms with Gasteiger partial charge in [0.15, 0.2) is 0 Å². The summed E-state index contributed by atoms with van der Waals surface area (Å²) < 4.78 is 0. The van der Waals surface area contributed by atoms with E-state index in [0.717, 1.165) is 44.4 Å². The number of amides is 1. The van der Waals surface area contributed by atoms with E-state index in [1.165, 1.54) is 25.7 Å². The van der Waals surface area contributed by atoms with Crippen molar-refractivity contribution in [3.8, 4) is 0 Å². The summed E-state index contributed by atoms with van der Waals surface area (Å²) in [6.45, 7) is 6.31. The van der Waals surface area contributed by atoms with Gasteiger partial charge in [0.05, 0.1) is 5.92 Å². The predicted molar refractivity (Wildman–Crippen MR) is 72.2 cm³/mol. The van der Waals surface area contributed by atoms with E-state index in [1.54, 1.807) is 0 Å². The molecule has 0 aromatic carbocycles. The first-order chi connectivity index (χ1) is 8.72. The standard InChI is InChI=1S/C15H26N2O/c1-11-5-14(8-16-7-11)15(18)17-9-12-3-2-4-13(6-12)10-17/h11-14,16H,2-10H2,1H3. The van der Waals surface area contributed by atoms with Crippen LogP contribution in [0.3, 0.4) is 0 Å². The Hall–Kier alpha value is -0.570. The van der Waals surface area contributed by atoms with Crippen LogP contribution >= 0.6 is 0 Å². The molecule has 4 unspecified atom stereocenters. The van der Waals surface area contributed by atoms with Crippen LogP contribution in [-0.4, -0.2) is 37.0 Å². The summed E-state index contributed by atoms with van der Waals surface area (Å²) >= 11 is 0. The lowest BCUT2D eigenvalue weighted by molar-refractivity contribution is -0.140. The lowest BCUT2D eigenvalue weighted by Crippen LogP contribution is -2.51. The Balaban J connectivity index is 1.61.